The second kappa shape index (κ2) is 5.52. The fourth-order valence-electron chi connectivity index (χ4n) is 2.82. The Morgan fingerprint density at radius 1 is 1.09 bits per heavy atom. The van der Waals surface area contributed by atoms with Crippen LogP contribution in [0.3, 0.4) is 0 Å². The molecular weight excluding hydrogens is 306 g/mol. The maximum absolute atomic E-state index is 13.1. The van der Waals surface area contributed by atoms with Crippen molar-refractivity contribution in [3.8, 4) is 0 Å². The number of nitrogens with zero attached hydrogens (tertiary/aromatic N) is 2. The smallest absolute Gasteiger partial charge is 0.262 e. The van der Waals surface area contributed by atoms with Gasteiger partial charge >= 0.3 is 0 Å². The van der Waals surface area contributed by atoms with Crippen LogP contribution in [0.2, 0.25) is 0 Å². The molecule has 1 aliphatic rings. The zero-order valence-electron chi connectivity index (χ0n) is 12.6. The molecule has 0 unspecified atom stereocenters. The standard InChI is InChI=1S/C18H15N3OS/c1-12-19-16(11-23-12)17-20-15-10-6-5-9-14(15)18(22)21(17)13-7-3-2-4-8-13/h2-11,17,20H,1H3/t17-/m0/s1. The third-order valence-electron chi connectivity index (χ3n) is 3.88. The summed E-state index contributed by atoms with van der Waals surface area (Å²) in [5.74, 6) is -0.0128. The Kier molecular flexibility index (Phi) is 3.35. The molecule has 4 rings (SSSR count). The predicted octanol–water partition coefficient (Wildman–Crippen LogP) is 4.22. The molecule has 1 aliphatic heterocycles. The van der Waals surface area contributed by atoms with Crippen LogP contribution in [0.1, 0.15) is 27.2 Å². The zero-order chi connectivity index (χ0) is 15.8. The number of hydrogen-bond donors (Lipinski definition) is 1. The van der Waals surface area contributed by atoms with E-state index >= 15 is 0 Å². The first kappa shape index (κ1) is 14.0. The van der Waals surface area contributed by atoms with Gasteiger partial charge in [0.05, 0.1) is 16.3 Å². The fourth-order valence-corrected chi connectivity index (χ4v) is 3.45. The van der Waals surface area contributed by atoms with Crippen LogP contribution in [-0.4, -0.2) is 10.9 Å². The zero-order valence-corrected chi connectivity index (χ0v) is 13.4. The Morgan fingerprint density at radius 2 is 1.83 bits per heavy atom. The van der Waals surface area contributed by atoms with E-state index in [0.717, 1.165) is 22.1 Å². The van der Waals surface area contributed by atoms with E-state index in [9.17, 15) is 4.79 Å². The van der Waals surface area contributed by atoms with Crippen LogP contribution in [0.5, 0.6) is 0 Å². The molecule has 0 saturated carbocycles. The van der Waals surface area contributed by atoms with Crippen molar-refractivity contribution in [3.63, 3.8) is 0 Å². The van der Waals surface area contributed by atoms with Gasteiger partial charge in [0.15, 0.2) is 6.17 Å². The van der Waals surface area contributed by atoms with Gasteiger partial charge in [-0.1, -0.05) is 30.3 Å². The van der Waals surface area contributed by atoms with Crippen LogP contribution >= 0.6 is 11.3 Å². The van der Waals surface area contributed by atoms with E-state index in [4.69, 9.17) is 0 Å². The lowest BCUT2D eigenvalue weighted by molar-refractivity contribution is 0.0974. The van der Waals surface area contributed by atoms with Crippen molar-refractivity contribution in [2.45, 2.75) is 13.1 Å². The molecule has 4 nitrogen and oxygen atoms in total. The predicted molar refractivity (Wildman–Crippen MR) is 92.9 cm³/mol. The van der Waals surface area contributed by atoms with Crippen molar-refractivity contribution in [3.05, 3.63) is 76.2 Å². The van der Waals surface area contributed by atoms with Crippen molar-refractivity contribution < 1.29 is 4.79 Å². The van der Waals surface area contributed by atoms with E-state index in [1.165, 1.54) is 0 Å². The summed E-state index contributed by atoms with van der Waals surface area (Å²) < 4.78 is 0. The number of carbonyl (C=O) groups is 1. The molecule has 3 aromatic rings. The molecule has 0 aliphatic carbocycles. The van der Waals surface area contributed by atoms with Crippen LogP contribution in [0.4, 0.5) is 11.4 Å². The third-order valence-corrected chi connectivity index (χ3v) is 4.67. The van der Waals surface area contributed by atoms with Crippen molar-refractivity contribution in [1.82, 2.24) is 4.98 Å². The number of fused-ring (bicyclic) bond motifs is 1. The average molecular weight is 321 g/mol. The molecule has 5 heteroatoms. The van der Waals surface area contributed by atoms with Crippen LogP contribution in [0.15, 0.2) is 60.0 Å². The second-order valence-corrected chi connectivity index (χ2v) is 6.46. The number of nitrogens with one attached hydrogen (secondary N) is 1. The molecule has 23 heavy (non-hydrogen) atoms. The first-order valence-corrected chi connectivity index (χ1v) is 8.28. The van der Waals surface area contributed by atoms with E-state index in [1.54, 1.807) is 16.2 Å². The van der Waals surface area contributed by atoms with Crippen molar-refractivity contribution in [2.75, 3.05) is 10.2 Å². The number of hydrogen-bond acceptors (Lipinski definition) is 4. The summed E-state index contributed by atoms with van der Waals surface area (Å²) in [6.45, 7) is 1.97. The largest absolute Gasteiger partial charge is 0.359 e. The Labute approximate surface area is 138 Å². The number of aryl methyl sites for hydroxylation is 1. The molecule has 0 spiro atoms. The topological polar surface area (TPSA) is 45.2 Å². The lowest BCUT2D eigenvalue weighted by atomic mass is 10.1. The minimum Gasteiger partial charge on any atom is -0.359 e. The van der Waals surface area contributed by atoms with Crippen LogP contribution in [0, 0.1) is 6.92 Å². The molecule has 2 heterocycles. The highest BCUT2D eigenvalue weighted by Crippen LogP contribution is 2.36. The van der Waals surface area contributed by atoms with Gasteiger partial charge in [0, 0.05) is 16.8 Å². The molecule has 2 aromatic carbocycles. The molecule has 1 N–H and O–H groups in total. The number of anilines is 2. The Morgan fingerprint density at radius 3 is 2.57 bits per heavy atom. The highest BCUT2D eigenvalue weighted by molar-refractivity contribution is 7.09. The van der Waals surface area contributed by atoms with Gasteiger partial charge in [0.1, 0.15) is 0 Å². The number of para-hydroxylation sites is 2. The molecule has 0 saturated heterocycles. The Balaban J connectivity index is 1.86. The molecule has 1 amide bonds. The lowest BCUT2D eigenvalue weighted by Crippen LogP contribution is -2.43. The summed E-state index contributed by atoms with van der Waals surface area (Å²) in [6.07, 6.45) is -0.301. The summed E-state index contributed by atoms with van der Waals surface area (Å²) >= 11 is 1.59. The first-order valence-electron chi connectivity index (χ1n) is 7.40. The van der Waals surface area contributed by atoms with Gasteiger partial charge < -0.3 is 5.32 Å². The van der Waals surface area contributed by atoms with Crippen molar-refractivity contribution >= 4 is 28.6 Å². The lowest BCUT2D eigenvalue weighted by Gasteiger charge is -2.37. The maximum atomic E-state index is 13.1. The fraction of sp³-hybridized carbons (Fsp3) is 0.111. The molecule has 114 valence electrons. The van der Waals surface area contributed by atoms with Crippen LogP contribution in [-0.2, 0) is 0 Å². The molecule has 1 atom stereocenters. The average Bonchev–Trinajstić information content (AvgIpc) is 3.02. The number of carbonyl (C=O) groups excluding carboxylic acids is 1. The van der Waals surface area contributed by atoms with Gasteiger partial charge in [0.2, 0.25) is 0 Å². The Bertz CT molecular complexity index is 859. The van der Waals surface area contributed by atoms with Crippen molar-refractivity contribution in [1.29, 1.82) is 0 Å². The number of thiazole rings is 1. The van der Waals surface area contributed by atoms with Gasteiger partial charge in [-0.3, -0.25) is 9.69 Å². The van der Waals surface area contributed by atoms with Crippen LogP contribution in [0.25, 0.3) is 0 Å². The van der Waals surface area contributed by atoms with E-state index in [-0.39, 0.29) is 12.1 Å². The van der Waals surface area contributed by atoms with E-state index in [2.05, 4.69) is 10.3 Å². The molecular formula is C18H15N3OS. The van der Waals surface area contributed by atoms with E-state index in [1.807, 2.05) is 66.9 Å². The molecule has 0 fully saturated rings. The first-order chi connectivity index (χ1) is 11.2. The maximum Gasteiger partial charge on any atom is 0.262 e. The van der Waals surface area contributed by atoms with Gasteiger partial charge in [-0.15, -0.1) is 11.3 Å². The number of amides is 1. The highest BCUT2D eigenvalue weighted by atomic mass is 32.1. The SMILES string of the molecule is Cc1nc([C@H]2Nc3ccccc3C(=O)N2c2ccccc2)cs1. The normalized spacial score (nSPS) is 16.8. The van der Waals surface area contributed by atoms with Crippen LogP contribution < -0.4 is 10.2 Å². The van der Waals surface area contributed by atoms with E-state index < -0.39 is 0 Å². The van der Waals surface area contributed by atoms with Gasteiger partial charge in [-0.05, 0) is 31.2 Å². The van der Waals surface area contributed by atoms with E-state index in [0.29, 0.717) is 5.56 Å². The summed E-state index contributed by atoms with van der Waals surface area (Å²) in [7, 11) is 0. The second-order valence-electron chi connectivity index (χ2n) is 5.39. The number of benzene rings is 2. The summed E-state index contributed by atoms with van der Waals surface area (Å²) in [5.41, 5.74) is 3.24. The summed E-state index contributed by atoms with van der Waals surface area (Å²) in [6, 6.07) is 17.3. The molecule has 0 radical (unpaired) electrons. The number of aromatic nitrogens is 1. The summed E-state index contributed by atoms with van der Waals surface area (Å²) in [4.78, 5) is 19.4. The van der Waals surface area contributed by atoms with Gasteiger partial charge in [0.25, 0.3) is 5.91 Å². The molecule has 1 aromatic heterocycles. The summed E-state index contributed by atoms with van der Waals surface area (Å²) in [5, 5.41) is 6.45. The molecule has 0 bridgehead atoms. The van der Waals surface area contributed by atoms with Gasteiger partial charge in [-0.25, -0.2) is 4.98 Å². The quantitative estimate of drug-likeness (QED) is 0.768. The van der Waals surface area contributed by atoms with Gasteiger partial charge in [-0.2, -0.15) is 0 Å². The minimum absolute atomic E-state index is 0.0128. The van der Waals surface area contributed by atoms with Crippen molar-refractivity contribution in [2.24, 2.45) is 0 Å². The minimum atomic E-state index is -0.301. The number of rotatable bonds is 2. The monoisotopic (exact) mass is 321 g/mol. The highest BCUT2D eigenvalue weighted by Gasteiger charge is 2.34. The Hall–Kier alpha value is -2.66. The third kappa shape index (κ3) is 2.39.